The largest absolute Gasteiger partial charge is 0.393 e. The van der Waals surface area contributed by atoms with Gasteiger partial charge in [0, 0.05) is 6.04 Å². The van der Waals surface area contributed by atoms with Crippen LogP contribution >= 0.6 is 0 Å². The van der Waals surface area contributed by atoms with Gasteiger partial charge in [-0.05, 0) is 31.9 Å². The zero-order valence-electron chi connectivity index (χ0n) is 12.8. The summed E-state index contributed by atoms with van der Waals surface area (Å²) in [5, 5.41) is 19.6. The molecule has 0 aromatic heterocycles. The van der Waals surface area contributed by atoms with Crippen molar-refractivity contribution in [1.82, 2.24) is 4.31 Å². The molecule has 118 valence electrons. The van der Waals surface area contributed by atoms with E-state index in [1.807, 2.05) is 20.8 Å². The van der Waals surface area contributed by atoms with E-state index in [0.29, 0.717) is 0 Å². The van der Waals surface area contributed by atoms with Crippen LogP contribution in [0.2, 0.25) is 0 Å². The number of hydrogen-bond acceptors (Lipinski definition) is 4. The van der Waals surface area contributed by atoms with Gasteiger partial charge in [0.05, 0.1) is 17.5 Å². The lowest BCUT2D eigenvalue weighted by Crippen LogP contribution is -2.39. The monoisotopic (exact) mass is 313 g/mol. The molecule has 21 heavy (non-hydrogen) atoms. The second kappa shape index (κ2) is 5.35. The van der Waals surface area contributed by atoms with Gasteiger partial charge in [-0.3, -0.25) is 0 Å². The molecule has 2 N–H and O–H groups in total. The standard InChI is InChI=1S/C15H23NO4S/c1-10(2)13-14(15(4,18)9-17)16(13)21(19,20)12-7-5-11(3)6-8-12/h5-8,10,13-14,17-18H,9H2,1-4H3/t13-,14-,15+,16?/m0/s1. The summed E-state index contributed by atoms with van der Waals surface area (Å²) in [6, 6.07) is 5.77. The molecular formula is C15H23NO4S. The predicted octanol–water partition coefficient (Wildman–Crippen LogP) is 1.14. The first-order chi connectivity index (χ1) is 9.63. The van der Waals surface area contributed by atoms with Crippen LogP contribution in [-0.2, 0) is 10.0 Å². The molecule has 1 heterocycles. The summed E-state index contributed by atoms with van der Waals surface area (Å²) < 4.78 is 26.8. The maximum absolute atomic E-state index is 12.7. The number of benzene rings is 1. The van der Waals surface area contributed by atoms with Gasteiger partial charge in [0.1, 0.15) is 5.60 Å². The van der Waals surface area contributed by atoms with Crippen LogP contribution in [0.5, 0.6) is 0 Å². The highest BCUT2D eigenvalue weighted by Gasteiger charge is 2.63. The Kier molecular flexibility index (Phi) is 4.19. The molecule has 1 fully saturated rings. The number of rotatable bonds is 5. The Morgan fingerprint density at radius 2 is 1.81 bits per heavy atom. The Morgan fingerprint density at radius 1 is 1.29 bits per heavy atom. The molecule has 1 aliphatic rings. The fourth-order valence-electron chi connectivity index (χ4n) is 2.76. The molecule has 1 aromatic carbocycles. The minimum absolute atomic E-state index is 0.0632. The van der Waals surface area contributed by atoms with Crippen molar-refractivity contribution < 1.29 is 18.6 Å². The van der Waals surface area contributed by atoms with Crippen LogP contribution in [0.15, 0.2) is 29.2 Å². The third-order valence-corrected chi connectivity index (χ3v) is 5.93. The van der Waals surface area contributed by atoms with E-state index in [2.05, 4.69) is 0 Å². The van der Waals surface area contributed by atoms with Crippen LogP contribution in [0.1, 0.15) is 26.3 Å². The van der Waals surface area contributed by atoms with Crippen LogP contribution in [-0.4, -0.2) is 47.2 Å². The van der Waals surface area contributed by atoms with Crippen LogP contribution in [0.25, 0.3) is 0 Å². The van der Waals surface area contributed by atoms with Gasteiger partial charge in [0.25, 0.3) is 0 Å². The van der Waals surface area contributed by atoms with Crippen molar-refractivity contribution in [3.63, 3.8) is 0 Å². The van der Waals surface area contributed by atoms with Gasteiger partial charge in [-0.2, -0.15) is 4.31 Å². The summed E-state index contributed by atoms with van der Waals surface area (Å²) in [5.74, 6) is 0.0632. The maximum atomic E-state index is 12.7. The van der Waals surface area contributed by atoms with Crippen molar-refractivity contribution in [2.75, 3.05) is 6.61 Å². The van der Waals surface area contributed by atoms with E-state index >= 15 is 0 Å². The van der Waals surface area contributed by atoms with Crippen molar-refractivity contribution in [1.29, 1.82) is 0 Å². The molecule has 0 aliphatic carbocycles. The Labute approximate surface area is 126 Å². The van der Waals surface area contributed by atoms with Gasteiger partial charge in [-0.1, -0.05) is 31.5 Å². The second-order valence-electron chi connectivity index (χ2n) is 6.34. The summed E-state index contributed by atoms with van der Waals surface area (Å²) in [4.78, 5) is 0.218. The molecule has 1 saturated heterocycles. The Balaban J connectivity index is 2.38. The molecule has 0 saturated carbocycles. The van der Waals surface area contributed by atoms with Crippen molar-refractivity contribution in [2.45, 2.75) is 50.3 Å². The Hall–Kier alpha value is -0.950. The molecule has 1 aromatic rings. The molecule has 0 radical (unpaired) electrons. The van der Waals surface area contributed by atoms with Gasteiger partial charge in [0.15, 0.2) is 0 Å². The first kappa shape index (κ1) is 16.4. The van der Waals surface area contributed by atoms with Gasteiger partial charge in [-0.25, -0.2) is 8.42 Å². The van der Waals surface area contributed by atoms with Crippen LogP contribution in [0.4, 0.5) is 0 Å². The first-order valence-corrected chi connectivity index (χ1v) is 8.50. The van der Waals surface area contributed by atoms with E-state index in [-0.39, 0.29) is 16.9 Å². The first-order valence-electron chi connectivity index (χ1n) is 7.06. The Bertz CT molecular complexity index is 607. The second-order valence-corrected chi connectivity index (χ2v) is 8.19. The number of hydrogen-bond donors (Lipinski definition) is 2. The summed E-state index contributed by atoms with van der Waals surface area (Å²) in [6.07, 6.45) is 0. The van der Waals surface area contributed by atoms with Crippen molar-refractivity contribution >= 4 is 10.0 Å². The van der Waals surface area contributed by atoms with Crippen molar-refractivity contribution in [3.05, 3.63) is 29.8 Å². The molecule has 1 aliphatic heterocycles. The van der Waals surface area contributed by atoms with E-state index in [0.717, 1.165) is 5.56 Å². The summed E-state index contributed by atoms with van der Waals surface area (Å²) in [5.41, 5.74) is -0.453. The summed E-state index contributed by atoms with van der Waals surface area (Å²) in [6.45, 7) is 6.72. The van der Waals surface area contributed by atoms with E-state index in [1.165, 1.54) is 11.2 Å². The summed E-state index contributed by atoms with van der Waals surface area (Å²) in [7, 11) is -3.66. The average Bonchev–Trinajstić information content (AvgIpc) is 3.16. The highest BCUT2D eigenvalue weighted by Crippen LogP contribution is 2.45. The number of nitrogens with zero attached hydrogens (tertiary/aromatic N) is 1. The van der Waals surface area contributed by atoms with Gasteiger partial charge >= 0.3 is 0 Å². The number of aliphatic hydroxyl groups excluding tert-OH is 1. The topological polar surface area (TPSA) is 77.6 Å². The minimum atomic E-state index is -3.66. The average molecular weight is 313 g/mol. The van der Waals surface area contributed by atoms with Crippen LogP contribution in [0, 0.1) is 12.8 Å². The lowest BCUT2D eigenvalue weighted by Gasteiger charge is -2.20. The van der Waals surface area contributed by atoms with E-state index in [1.54, 1.807) is 24.3 Å². The molecule has 6 heteroatoms. The zero-order chi connectivity index (χ0) is 16.0. The molecule has 1 unspecified atom stereocenters. The van der Waals surface area contributed by atoms with E-state index in [9.17, 15) is 18.6 Å². The lowest BCUT2D eigenvalue weighted by atomic mass is 9.96. The Morgan fingerprint density at radius 3 is 2.24 bits per heavy atom. The number of sulfonamides is 1. The number of aryl methyl sites for hydroxylation is 1. The molecule has 4 atom stereocenters. The highest BCUT2D eigenvalue weighted by atomic mass is 32.2. The zero-order valence-corrected chi connectivity index (χ0v) is 13.6. The van der Waals surface area contributed by atoms with Crippen LogP contribution < -0.4 is 0 Å². The smallest absolute Gasteiger partial charge is 0.243 e. The number of aliphatic hydroxyl groups is 2. The molecular weight excluding hydrogens is 290 g/mol. The quantitative estimate of drug-likeness (QED) is 0.799. The van der Waals surface area contributed by atoms with Crippen LogP contribution in [0.3, 0.4) is 0 Å². The lowest BCUT2D eigenvalue weighted by molar-refractivity contribution is -0.00575. The minimum Gasteiger partial charge on any atom is -0.393 e. The molecule has 0 spiro atoms. The normalized spacial score (nSPS) is 28.4. The highest BCUT2D eigenvalue weighted by molar-refractivity contribution is 7.89. The van der Waals surface area contributed by atoms with Gasteiger partial charge in [0.2, 0.25) is 10.0 Å². The molecule has 0 amide bonds. The third kappa shape index (κ3) is 2.85. The fraction of sp³-hybridized carbons (Fsp3) is 0.600. The summed E-state index contributed by atoms with van der Waals surface area (Å²) >= 11 is 0. The predicted molar refractivity (Wildman–Crippen MR) is 80.3 cm³/mol. The van der Waals surface area contributed by atoms with Crippen molar-refractivity contribution in [3.8, 4) is 0 Å². The van der Waals surface area contributed by atoms with Gasteiger partial charge in [-0.15, -0.1) is 0 Å². The molecule has 0 bridgehead atoms. The SMILES string of the molecule is Cc1ccc(S(=O)(=O)N2[C@H]([C@](C)(O)CO)[C@@H]2C(C)C)cc1. The van der Waals surface area contributed by atoms with Gasteiger partial charge < -0.3 is 10.2 Å². The van der Waals surface area contributed by atoms with Crippen molar-refractivity contribution in [2.24, 2.45) is 5.92 Å². The third-order valence-electron chi connectivity index (χ3n) is 4.04. The van der Waals surface area contributed by atoms with E-state index < -0.39 is 28.3 Å². The fourth-order valence-corrected chi connectivity index (χ4v) is 4.76. The molecule has 5 nitrogen and oxygen atoms in total. The van der Waals surface area contributed by atoms with E-state index in [4.69, 9.17) is 0 Å². The molecule has 2 rings (SSSR count). The maximum Gasteiger partial charge on any atom is 0.243 e.